The summed E-state index contributed by atoms with van der Waals surface area (Å²) in [5, 5.41) is 7.37. The van der Waals surface area contributed by atoms with Crippen LogP contribution in [0.15, 0.2) is 60.7 Å². The van der Waals surface area contributed by atoms with Crippen LogP contribution in [-0.2, 0) is 20.0 Å². The molecule has 0 atom stereocenters. The van der Waals surface area contributed by atoms with E-state index < -0.39 is 0 Å². The number of nitrogens with zero attached hydrogens (tertiary/aromatic N) is 3. The van der Waals surface area contributed by atoms with Gasteiger partial charge in [-0.25, -0.2) is 0 Å². The minimum atomic E-state index is -0.206. The van der Waals surface area contributed by atoms with Gasteiger partial charge in [-0.3, -0.25) is 14.3 Å². The molecule has 2 aromatic carbocycles. The summed E-state index contributed by atoms with van der Waals surface area (Å²) in [5.74, 6) is 0.306. The highest BCUT2D eigenvalue weighted by Crippen LogP contribution is 2.27. The highest BCUT2D eigenvalue weighted by Gasteiger charge is 2.28. The van der Waals surface area contributed by atoms with Crippen molar-refractivity contribution in [3.63, 3.8) is 0 Å². The number of anilines is 1. The predicted octanol–water partition coefficient (Wildman–Crippen LogP) is 2.87. The minimum absolute atomic E-state index is 0.00885. The van der Waals surface area contributed by atoms with Gasteiger partial charge in [0.1, 0.15) is 0 Å². The number of carbonyl (C=O) groups is 2. The molecule has 0 bridgehead atoms. The third kappa shape index (κ3) is 3.33. The van der Waals surface area contributed by atoms with Crippen LogP contribution >= 0.6 is 0 Å². The van der Waals surface area contributed by atoms with E-state index in [9.17, 15) is 9.59 Å². The Hall–Kier alpha value is -3.41. The van der Waals surface area contributed by atoms with Gasteiger partial charge in [-0.1, -0.05) is 36.4 Å². The first kappa shape index (κ1) is 17.0. The molecule has 4 rings (SSSR count). The number of benzene rings is 2. The first-order valence-corrected chi connectivity index (χ1v) is 8.89. The molecule has 1 aliphatic rings. The molecule has 136 valence electrons. The second-order valence-corrected chi connectivity index (χ2v) is 6.56. The average molecular weight is 360 g/mol. The number of rotatable bonds is 3. The van der Waals surface area contributed by atoms with Gasteiger partial charge in [-0.2, -0.15) is 5.10 Å². The van der Waals surface area contributed by atoms with Crippen LogP contribution in [0.1, 0.15) is 32.0 Å². The molecule has 2 amide bonds. The summed E-state index contributed by atoms with van der Waals surface area (Å²) in [7, 11) is 1.87. The minimum Gasteiger partial charge on any atom is -0.334 e. The fourth-order valence-electron chi connectivity index (χ4n) is 3.40. The lowest BCUT2D eigenvalue weighted by atomic mass is 10.1. The maximum atomic E-state index is 12.8. The van der Waals surface area contributed by atoms with Crippen LogP contribution in [0.3, 0.4) is 0 Å². The average Bonchev–Trinajstić information content (AvgIpc) is 3.03. The molecule has 0 saturated carbocycles. The molecule has 0 radical (unpaired) electrons. The number of hydrogen-bond donors (Lipinski definition) is 1. The second-order valence-electron chi connectivity index (χ2n) is 6.56. The molecule has 0 aliphatic carbocycles. The van der Waals surface area contributed by atoms with Crippen LogP contribution in [0, 0.1) is 0 Å². The van der Waals surface area contributed by atoms with Crippen LogP contribution in [0.2, 0.25) is 0 Å². The molecule has 1 aromatic heterocycles. The van der Waals surface area contributed by atoms with Crippen LogP contribution in [0.25, 0.3) is 0 Å². The SMILES string of the molecule is Cn1nc(NC(=O)c2ccccc2)c2c1CCN(C(=O)c1ccccc1)C2. The highest BCUT2D eigenvalue weighted by atomic mass is 16.2. The number of fused-ring (bicyclic) bond motifs is 1. The Morgan fingerprint density at radius 2 is 1.59 bits per heavy atom. The standard InChI is InChI=1S/C21H20N4O2/c1-24-18-12-13-25(21(27)16-10-6-3-7-11-16)14-17(18)19(23-24)22-20(26)15-8-4-2-5-9-15/h2-11H,12-14H2,1H3,(H,22,23,26). The van der Waals surface area contributed by atoms with Gasteiger partial charge < -0.3 is 10.2 Å². The molecule has 0 spiro atoms. The summed E-state index contributed by atoms with van der Waals surface area (Å²) in [6.45, 7) is 1.06. The molecule has 6 nitrogen and oxygen atoms in total. The Morgan fingerprint density at radius 3 is 2.26 bits per heavy atom. The number of amides is 2. The van der Waals surface area contributed by atoms with E-state index in [1.165, 1.54) is 0 Å². The quantitative estimate of drug-likeness (QED) is 0.781. The predicted molar refractivity (Wildman–Crippen MR) is 102 cm³/mol. The molecule has 6 heteroatoms. The fourth-order valence-corrected chi connectivity index (χ4v) is 3.40. The van der Waals surface area contributed by atoms with Gasteiger partial charge in [0.25, 0.3) is 11.8 Å². The van der Waals surface area contributed by atoms with Gasteiger partial charge in [0, 0.05) is 42.4 Å². The normalized spacial score (nSPS) is 13.1. The summed E-state index contributed by atoms with van der Waals surface area (Å²) >= 11 is 0. The molecule has 1 N–H and O–H groups in total. The van der Waals surface area contributed by atoms with Gasteiger partial charge in [-0.15, -0.1) is 0 Å². The van der Waals surface area contributed by atoms with Crippen molar-refractivity contribution in [1.29, 1.82) is 0 Å². The van der Waals surface area contributed by atoms with Crippen molar-refractivity contribution in [2.75, 3.05) is 11.9 Å². The zero-order valence-electron chi connectivity index (χ0n) is 15.1. The van der Waals surface area contributed by atoms with Crippen molar-refractivity contribution < 1.29 is 9.59 Å². The first-order chi connectivity index (χ1) is 13.1. The van der Waals surface area contributed by atoms with Crippen LogP contribution in [0.4, 0.5) is 5.82 Å². The van der Waals surface area contributed by atoms with E-state index in [0.29, 0.717) is 36.5 Å². The molecule has 2 heterocycles. The lowest BCUT2D eigenvalue weighted by molar-refractivity contribution is 0.0734. The molecular formula is C21H20N4O2. The number of aryl methyl sites for hydroxylation is 1. The summed E-state index contributed by atoms with van der Waals surface area (Å²) in [4.78, 5) is 27.1. The zero-order chi connectivity index (χ0) is 18.8. The fraction of sp³-hybridized carbons (Fsp3) is 0.190. The lowest BCUT2D eigenvalue weighted by Gasteiger charge is -2.27. The third-order valence-corrected chi connectivity index (χ3v) is 4.82. The molecule has 3 aromatic rings. The largest absolute Gasteiger partial charge is 0.334 e. The maximum absolute atomic E-state index is 12.8. The zero-order valence-corrected chi connectivity index (χ0v) is 15.1. The van der Waals surface area contributed by atoms with Gasteiger partial charge in [0.05, 0.1) is 6.54 Å². The number of aromatic nitrogens is 2. The van der Waals surface area contributed by atoms with Crippen molar-refractivity contribution in [1.82, 2.24) is 14.7 Å². The van der Waals surface area contributed by atoms with E-state index in [1.807, 2.05) is 55.6 Å². The summed E-state index contributed by atoms with van der Waals surface area (Å²) in [5.41, 5.74) is 3.19. The van der Waals surface area contributed by atoms with E-state index in [-0.39, 0.29) is 11.8 Å². The van der Waals surface area contributed by atoms with Gasteiger partial charge >= 0.3 is 0 Å². The Bertz CT molecular complexity index is 980. The molecule has 27 heavy (non-hydrogen) atoms. The molecule has 0 saturated heterocycles. The van der Waals surface area contributed by atoms with E-state index in [1.54, 1.807) is 21.7 Å². The Morgan fingerprint density at radius 1 is 0.963 bits per heavy atom. The molecule has 0 unspecified atom stereocenters. The number of nitrogens with one attached hydrogen (secondary N) is 1. The smallest absolute Gasteiger partial charge is 0.256 e. The third-order valence-electron chi connectivity index (χ3n) is 4.82. The molecule has 1 aliphatic heterocycles. The maximum Gasteiger partial charge on any atom is 0.256 e. The summed E-state index contributed by atoms with van der Waals surface area (Å²) in [6.07, 6.45) is 0.707. The Balaban J connectivity index is 1.58. The van der Waals surface area contributed by atoms with Crippen LogP contribution in [0.5, 0.6) is 0 Å². The Labute approximate surface area is 157 Å². The second kappa shape index (κ2) is 7.07. The van der Waals surface area contributed by atoms with Gasteiger partial charge in [-0.05, 0) is 24.3 Å². The number of carbonyl (C=O) groups excluding carboxylic acids is 2. The monoisotopic (exact) mass is 360 g/mol. The molecule has 0 fully saturated rings. The van der Waals surface area contributed by atoms with Crippen LogP contribution in [-0.4, -0.2) is 33.0 Å². The van der Waals surface area contributed by atoms with Crippen LogP contribution < -0.4 is 5.32 Å². The Kier molecular flexibility index (Phi) is 4.46. The summed E-state index contributed by atoms with van der Waals surface area (Å²) < 4.78 is 1.79. The first-order valence-electron chi connectivity index (χ1n) is 8.89. The van der Waals surface area contributed by atoms with Gasteiger partial charge in [0.15, 0.2) is 5.82 Å². The highest BCUT2D eigenvalue weighted by molar-refractivity contribution is 6.04. The van der Waals surface area contributed by atoms with E-state index in [0.717, 1.165) is 11.3 Å². The lowest BCUT2D eigenvalue weighted by Crippen LogP contribution is -2.36. The van der Waals surface area contributed by atoms with Crippen molar-refractivity contribution in [2.24, 2.45) is 7.05 Å². The topological polar surface area (TPSA) is 67.2 Å². The van der Waals surface area contributed by atoms with Crippen molar-refractivity contribution in [2.45, 2.75) is 13.0 Å². The number of hydrogen-bond acceptors (Lipinski definition) is 3. The van der Waals surface area contributed by atoms with Crippen molar-refractivity contribution in [3.05, 3.63) is 83.0 Å². The van der Waals surface area contributed by atoms with Crippen molar-refractivity contribution >= 4 is 17.6 Å². The van der Waals surface area contributed by atoms with E-state index >= 15 is 0 Å². The molecular weight excluding hydrogens is 340 g/mol. The summed E-state index contributed by atoms with van der Waals surface area (Å²) in [6, 6.07) is 18.3. The van der Waals surface area contributed by atoms with Gasteiger partial charge in [0.2, 0.25) is 0 Å². The van der Waals surface area contributed by atoms with Crippen molar-refractivity contribution in [3.8, 4) is 0 Å². The van der Waals surface area contributed by atoms with E-state index in [2.05, 4.69) is 10.4 Å². The van der Waals surface area contributed by atoms with E-state index in [4.69, 9.17) is 0 Å².